The molecule has 26 heavy (non-hydrogen) atoms. The van der Waals surface area contributed by atoms with E-state index in [0.29, 0.717) is 26.2 Å². The molecule has 3 rings (SSSR count). The molecule has 1 heterocycles. The molecule has 0 aliphatic carbocycles. The molecule has 1 aliphatic rings. The highest BCUT2D eigenvalue weighted by Crippen LogP contribution is 2.15. The van der Waals surface area contributed by atoms with Gasteiger partial charge in [-0.05, 0) is 31.0 Å². The number of nitrogens with zero attached hydrogens (tertiary/aromatic N) is 2. The Morgan fingerprint density at radius 1 is 0.923 bits per heavy atom. The molecule has 136 valence electrons. The van der Waals surface area contributed by atoms with E-state index < -0.39 is 0 Å². The molecule has 2 aromatic rings. The molecule has 1 fully saturated rings. The van der Waals surface area contributed by atoms with E-state index in [9.17, 15) is 9.59 Å². The van der Waals surface area contributed by atoms with Gasteiger partial charge in [0.1, 0.15) is 0 Å². The Hall–Kier alpha value is -2.62. The number of rotatable bonds is 4. The van der Waals surface area contributed by atoms with Crippen LogP contribution in [-0.4, -0.2) is 47.8 Å². The van der Waals surface area contributed by atoms with Gasteiger partial charge in [0, 0.05) is 37.7 Å². The normalized spacial score (nSPS) is 15.6. The molecule has 0 radical (unpaired) electrons. The molecule has 0 bridgehead atoms. The summed E-state index contributed by atoms with van der Waals surface area (Å²) in [5, 5.41) is 0. The SMILES string of the molecule is Cc1cccc(C(=O)N2CCN(C(=O)C(C)Cc3ccccc3)CC2)c1. The largest absolute Gasteiger partial charge is 0.339 e. The van der Waals surface area contributed by atoms with Crippen LogP contribution in [0.5, 0.6) is 0 Å². The van der Waals surface area contributed by atoms with E-state index in [2.05, 4.69) is 12.1 Å². The van der Waals surface area contributed by atoms with E-state index in [4.69, 9.17) is 0 Å². The van der Waals surface area contributed by atoms with E-state index in [1.807, 2.05) is 66.1 Å². The van der Waals surface area contributed by atoms with Gasteiger partial charge in [0.25, 0.3) is 5.91 Å². The van der Waals surface area contributed by atoms with Crippen molar-refractivity contribution in [2.24, 2.45) is 5.92 Å². The number of carbonyl (C=O) groups excluding carboxylic acids is 2. The number of hydrogen-bond acceptors (Lipinski definition) is 2. The Bertz CT molecular complexity index is 765. The third-order valence-electron chi connectivity index (χ3n) is 4.95. The number of piperazine rings is 1. The van der Waals surface area contributed by atoms with Crippen LogP contribution < -0.4 is 0 Å². The van der Waals surface area contributed by atoms with Crippen molar-refractivity contribution in [3.05, 3.63) is 71.3 Å². The van der Waals surface area contributed by atoms with Gasteiger partial charge in [0.2, 0.25) is 5.91 Å². The number of hydrogen-bond donors (Lipinski definition) is 0. The van der Waals surface area contributed by atoms with Crippen molar-refractivity contribution in [2.75, 3.05) is 26.2 Å². The minimum atomic E-state index is -0.0450. The predicted octanol–water partition coefficient (Wildman–Crippen LogP) is 3.16. The Balaban J connectivity index is 1.54. The Labute approximate surface area is 155 Å². The van der Waals surface area contributed by atoms with Crippen molar-refractivity contribution in [2.45, 2.75) is 20.3 Å². The van der Waals surface area contributed by atoms with Crippen LogP contribution in [0.3, 0.4) is 0 Å². The molecule has 0 N–H and O–H groups in total. The topological polar surface area (TPSA) is 40.6 Å². The maximum atomic E-state index is 12.7. The monoisotopic (exact) mass is 350 g/mol. The van der Waals surface area contributed by atoms with Crippen molar-refractivity contribution in [1.82, 2.24) is 9.80 Å². The fourth-order valence-electron chi connectivity index (χ4n) is 3.46. The first kappa shape index (κ1) is 18.2. The zero-order valence-electron chi connectivity index (χ0n) is 15.5. The van der Waals surface area contributed by atoms with Crippen molar-refractivity contribution >= 4 is 11.8 Å². The van der Waals surface area contributed by atoms with Gasteiger partial charge in [-0.2, -0.15) is 0 Å². The third kappa shape index (κ3) is 4.31. The summed E-state index contributed by atoms with van der Waals surface area (Å²) in [6, 6.07) is 17.8. The van der Waals surface area contributed by atoms with Gasteiger partial charge in [0.05, 0.1) is 0 Å². The smallest absolute Gasteiger partial charge is 0.253 e. The van der Waals surface area contributed by atoms with Gasteiger partial charge >= 0.3 is 0 Å². The summed E-state index contributed by atoms with van der Waals surface area (Å²) in [5.74, 6) is 0.186. The summed E-state index contributed by atoms with van der Waals surface area (Å²) in [6.45, 7) is 6.37. The lowest BCUT2D eigenvalue weighted by molar-refractivity contribution is -0.136. The van der Waals surface area contributed by atoms with Crippen LogP contribution in [0, 0.1) is 12.8 Å². The van der Waals surface area contributed by atoms with Crippen LogP contribution in [-0.2, 0) is 11.2 Å². The quantitative estimate of drug-likeness (QED) is 0.850. The van der Waals surface area contributed by atoms with E-state index in [1.165, 1.54) is 5.56 Å². The zero-order valence-corrected chi connectivity index (χ0v) is 15.5. The van der Waals surface area contributed by atoms with Crippen molar-refractivity contribution in [3.63, 3.8) is 0 Å². The molecule has 2 aromatic carbocycles. The first-order chi connectivity index (χ1) is 12.5. The first-order valence-electron chi connectivity index (χ1n) is 9.23. The number of amides is 2. The van der Waals surface area contributed by atoms with Crippen LogP contribution in [0.1, 0.15) is 28.4 Å². The van der Waals surface area contributed by atoms with Crippen molar-refractivity contribution < 1.29 is 9.59 Å². The zero-order chi connectivity index (χ0) is 18.5. The summed E-state index contributed by atoms with van der Waals surface area (Å²) in [7, 11) is 0. The molecule has 1 atom stereocenters. The highest BCUT2D eigenvalue weighted by molar-refractivity contribution is 5.94. The molecule has 1 unspecified atom stereocenters. The second-order valence-corrected chi connectivity index (χ2v) is 7.08. The Kier molecular flexibility index (Phi) is 5.71. The van der Waals surface area contributed by atoms with E-state index >= 15 is 0 Å². The molecular weight excluding hydrogens is 324 g/mol. The van der Waals surface area contributed by atoms with Gasteiger partial charge in [-0.1, -0.05) is 55.0 Å². The fraction of sp³-hybridized carbons (Fsp3) is 0.364. The minimum Gasteiger partial charge on any atom is -0.339 e. The molecule has 1 aliphatic heterocycles. The second-order valence-electron chi connectivity index (χ2n) is 7.08. The lowest BCUT2D eigenvalue weighted by atomic mass is 9.99. The average molecular weight is 350 g/mol. The molecule has 0 spiro atoms. The van der Waals surface area contributed by atoms with Crippen LogP contribution in [0.4, 0.5) is 0 Å². The molecule has 0 saturated carbocycles. The molecular formula is C22H26N2O2. The molecule has 2 amide bonds. The van der Waals surface area contributed by atoms with Crippen LogP contribution in [0.25, 0.3) is 0 Å². The van der Waals surface area contributed by atoms with Gasteiger partial charge in [-0.15, -0.1) is 0 Å². The summed E-state index contributed by atoms with van der Waals surface area (Å²) in [5.41, 5.74) is 2.99. The third-order valence-corrected chi connectivity index (χ3v) is 4.95. The number of aryl methyl sites for hydroxylation is 1. The minimum absolute atomic E-state index is 0.0450. The second kappa shape index (κ2) is 8.17. The highest BCUT2D eigenvalue weighted by Gasteiger charge is 2.27. The summed E-state index contributed by atoms with van der Waals surface area (Å²) >= 11 is 0. The van der Waals surface area contributed by atoms with E-state index in [-0.39, 0.29) is 17.7 Å². The van der Waals surface area contributed by atoms with Crippen molar-refractivity contribution in [1.29, 1.82) is 0 Å². The average Bonchev–Trinajstić information content (AvgIpc) is 2.67. The van der Waals surface area contributed by atoms with Crippen LogP contribution in [0.2, 0.25) is 0 Å². The lowest BCUT2D eigenvalue weighted by Crippen LogP contribution is -2.51. The number of carbonyl (C=O) groups is 2. The van der Waals surface area contributed by atoms with Gasteiger partial charge in [0.15, 0.2) is 0 Å². The summed E-state index contributed by atoms with van der Waals surface area (Å²) in [6.07, 6.45) is 0.752. The molecule has 1 saturated heterocycles. The van der Waals surface area contributed by atoms with Crippen LogP contribution in [0.15, 0.2) is 54.6 Å². The number of benzene rings is 2. The maximum Gasteiger partial charge on any atom is 0.253 e. The molecule has 0 aromatic heterocycles. The van der Waals surface area contributed by atoms with E-state index in [1.54, 1.807) is 0 Å². The fourth-order valence-corrected chi connectivity index (χ4v) is 3.46. The molecule has 4 heteroatoms. The van der Waals surface area contributed by atoms with Gasteiger partial charge < -0.3 is 9.80 Å². The first-order valence-corrected chi connectivity index (χ1v) is 9.23. The van der Waals surface area contributed by atoms with Gasteiger partial charge in [-0.3, -0.25) is 9.59 Å². The maximum absolute atomic E-state index is 12.7. The van der Waals surface area contributed by atoms with Gasteiger partial charge in [-0.25, -0.2) is 0 Å². The van der Waals surface area contributed by atoms with Crippen LogP contribution >= 0.6 is 0 Å². The molecule has 4 nitrogen and oxygen atoms in total. The van der Waals surface area contributed by atoms with Crippen molar-refractivity contribution in [3.8, 4) is 0 Å². The standard InChI is InChI=1S/C22H26N2O2/c1-17-7-6-10-20(15-17)22(26)24-13-11-23(12-14-24)21(25)18(2)16-19-8-4-3-5-9-19/h3-10,15,18H,11-14,16H2,1-2H3. The predicted molar refractivity (Wildman–Crippen MR) is 103 cm³/mol. The Morgan fingerprint density at radius 2 is 1.58 bits per heavy atom. The lowest BCUT2D eigenvalue weighted by Gasteiger charge is -2.36. The summed E-state index contributed by atoms with van der Waals surface area (Å²) in [4.78, 5) is 29.1. The highest BCUT2D eigenvalue weighted by atomic mass is 16.2. The van der Waals surface area contributed by atoms with E-state index in [0.717, 1.165) is 17.5 Å². The summed E-state index contributed by atoms with van der Waals surface area (Å²) < 4.78 is 0. The Morgan fingerprint density at radius 3 is 2.23 bits per heavy atom.